The first-order chi connectivity index (χ1) is 9.08. The average Bonchev–Trinajstić information content (AvgIpc) is 2.78. The van der Waals surface area contributed by atoms with Crippen LogP contribution in [0.15, 0.2) is 22.7 Å². The molecule has 0 aliphatic heterocycles. The van der Waals surface area contributed by atoms with Crippen LogP contribution in [0, 0.1) is 6.92 Å². The minimum atomic E-state index is -0.280. The molecule has 2 aromatic rings. The summed E-state index contributed by atoms with van der Waals surface area (Å²) < 4.78 is 4.83. The number of hydrogen-bond donors (Lipinski definition) is 2. The van der Waals surface area contributed by atoms with E-state index in [1.807, 2.05) is 0 Å². The van der Waals surface area contributed by atoms with Gasteiger partial charge in [0.25, 0.3) is 5.91 Å². The number of aryl methyl sites for hydroxylation is 1. The molecule has 3 N–H and O–H groups in total. The van der Waals surface area contributed by atoms with E-state index in [1.54, 1.807) is 25.1 Å². The topological polar surface area (TPSA) is 94.0 Å². The summed E-state index contributed by atoms with van der Waals surface area (Å²) in [5, 5.41) is 6.72. The van der Waals surface area contributed by atoms with E-state index in [-0.39, 0.29) is 10.9 Å². The Morgan fingerprint density at radius 2 is 2.32 bits per heavy atom. The number of anilines is 1. The van der Waals surface area contributed by atoms with Crippen LogP contribution in [0.1, 0.15) is 22.1 Å². The van der Waals surface area contributed by atoms with Crippen LogP contribution in [0.5, 0.6) is 0 Å². The molecular formula is C12H13ClN4O2. The van der Waals surface area contributed by atoms with Gasteiger partial charge in [-0.05, 0) is 12.1 Å². The first kappa shape index (κ1) is 13.4. The molecule has 1 amide bonds. The Morgan fingerprint density at radius 1 is 1.53 bits per heavy atom. The van der Waals surface area contributed by atoms with Crippen LogP contribution in [0.25, 0.3) is 0 Å². The molecule has 0 saturated heterocycles. The number of carbonyl (C=O) groups is 1. The lowest BCUT2D eigenvalue weighted by Gasteiger charge is -2.07. The molecule has 1 heterocycles. The van der Waals surface area contributed by atoms with E-state index in [4.69, 9.17) is 21.9 Å². The summed E-state index contributed by atoms with van der Waals surface area (Å²) in [6.07, 6.45) is 0.489. The predicted octanol–water partition coefficient (Wildman–Crippen LogP) is 1.59. The maximum Gasteiger partial charge on any atom is 0.252 e. The van der Waals surface area contributed by atoms with Gasteiger partial charge in [0.1, 0.15) is 0 Å². The zero-order valence-electron chi connectivity index (χ0n) is 10.3. The second kappa shape index (κ2) is 5.71. The van der Waals surface area contributed by atoms with Crippen molar-refractivity contribution < 1.29 is 9.32 Å². The van der Waals surface area contributed by atoms with Crippen LogP contribution in [0.2, 0.25) is 5.02 Å². The van der Waals surface area contributed by atoms with E-state index >= 15 is 0 Å². The molecule has 0 atom stereocenters. The quantitative estimate of drug-likeness (QED) is 0.829. The highest BCUT2D eigenvalue weighted by atomic mass is 35.5. The summed E-state index contributed by atoms with van der Waals surface area (Å²) in [5.74, 6) is 0.772. The largest absolute Gasteiger partial charge is 0.398 e. The van der Waals surface area contributed by atoms with Gasteiger partial charge in [0.05, 0.1) is 16.3 Å². The molecular weight excluding hydrogens is 268 g/mol. The normalized spacial score (nSPS) is 10.4. The molecule has 1 aromatic carbocycles. The number of carbonyl (C=O) groups excluding carboxylic acids is 1. The van der Waals surface area contributed by atoms with Crippen molar-refractivity contribution in [1.29, 1.82) is 0 Å². The zero-order chi connectivity index (χ0) is 13.8. The highest BCUT2D eigenvalue weighted by Gasteiger charge is 2.12. The Bertz CT molecular complexity index is 597. The van der Waals surface area contributed by atoms with Crippen LogP contribution in [-0.4, -0.2) is 22.6 Å². The average molecular weight is 281 g/mol. The van der Waals surface area contributed by atoms with Crippen LogP contribution < -0.4 is 11.1 Å². The van der Waals surface area contributed by atoms with Gasteiger partial charge in [-0.25, -0.2) is 0 Å². The summed E-state index contributed by atoms with van der Waals surface area (Å²) in [5.41, 5.74) is 6.37. The lowest BCUT2D eigenvalue weighted by Crippen LogP contribution is -2.26. The fraction of sp³-hybridized carbons (Fsp3) is 0.250. The number of nitrogen functional groups attached to an aromatic ring is 1. The summed E-state index contributed by atoms with van der Waals surface area (Å²) in [6.45, 7) is 2.10. The van der Waals surface area contributed by atoms with Gasteiger partial charge in [0, 0.05) is 19.9 Å². The Labute approximate surface area is 114 Å². The van der Waals surface area contributed by atoms with Crippen molar-refractivity contribution in [2.75, 3.05) is 12.3 Å². The summed E-state index contributed by atoms with van der Waals surface area (Å²) in [6, 6.07) is 4.94. The number of nitrogens with two attached hydrogens (primary N) is 1. The second-order valence-corrected chi connectivity index (χ2v) is 4.32. The second-order valence-electron chi connectivity index (χ2n) is 3.94. The third-order valence-corrected chi connectivity index (χ3v) is 2.90. The number of benzene rings is 1. The summed E-state index contributed by atoms with van der Waals surface area (Å²) >= 11 is 5.96. The molecule has 7 heteroatoms. The Kier molecular flexibility index (Phi) is 4.01. The van der Waals surface area contributed by atoms with Crippen molar-refractivity contribution in [2.24, 2.45) is 0 Å². The van der Waals surface area contributed by atoms with E-state index in [0.717, 1.165) is 0 Å². The van der Waals surface area contributed by atoms with Crippen molar-refractivity contribution in [3.8, 4) is 0 Å². The molecule has 0 unspecified atom stereocenters. The zero-order valence-corrected chi connectivity index (χ0v) is 11.1. The number of hydrogen-bond acceptors (Lipinski definition) is 5. The molecule has 0 radical (unpaired) electrons. The lowest BCUT2D eigenvalue weighted by molar-refractivity contribution is 0.0954. The van der Waals surface area contributed by atoms with E-state index < -0.39 is 0 Å². The van der Waals surface area contributed by atoms with Crippen molar-refractivity contribution in [3.63, 3.8) is 0 Å². The molecule has 2 rings (SSSR count). The molecule has 0 saturated carbocycles. The molecule has 1 aromatic heterocycles. The third kappa shape index (κ3) is 3.23. The fourth-order valence-electron chi connectivity index (χ4n) is 1.55. The van der Waals surface area contributed by atoms with Crippen molar-refractivity contribution in [2.45, 2.75) is 13.3 Å². The SMILES string of the molecule is Cc1nc(CCNC(=O)c2cccc(N)c2Cl)no1. The first-order valence-corrected chi connectivity index (χ1v) is 6.07. The van der Waals surface area contributed by atoms with E-state index in [0.29, 0.717) is 35.9 Å². The minimum absolute atomic E-state index is 0.260. The van der Waals surface area contributed by atoms with E-state index in [9.17, 15) is 4.79 Å². The fourth-order valence-corrected chi connectivity index (χ4v) is 1.76. The van der Waals surface area contributed by atoms with Crippen molar-refractivity contribution in [1.82, 2.24) is 15.5 Å². The van der Waals surface area contributed by atoms with Gasteiger partial charge in [-0.1, -0.05) is 22.8 Å². The summed E-state index contributed by atoms with van der Waals surface area (Å²) in [7, 11) is 0. The highest BCUT2D eigenvalue weighted by Crippen LogP contribution is 2.22. The van der Waals surface area contributed by atoms with Gasteiger partial charge >= 0.3 is 0 Å². The number of aromatic nitrogens is 2. The van der Waals surface area contributed by atoms with Gasteiger partial charge in [0.15, 0.2) is 5.82 Å². The predicted molar refractivity (Wildman–Crippen MR) is 70.9 cm³/mol. The molecule has 6 nitrogen and oxygen atoms in total. The Morgan fingerprint density at radius 3 is 3.00 bits per heavy atom. The van der Waals surface area contributed by atoms with Crippen LogP contribution in [-0.2, 0) is 6.42 Å². The monoisotopic (exact) mass is 280 g/mol. The Hall–Kier alpha value is -2.08. The van der Waals surface area contributed by atoms with Gasteiger partial charge in [0.2, 0.25) is 5.89 Å². The molecule has 19 heavy (non-hydrogen) atoms. The molecule has 0 spiro atoms. The lowest BCUT2D eigenvalue weighted by atomic mass is 10.2. The van der Waals surface area contributed by atoms with Crippen LogP contribution >= 0.6 is 11.6 Å². The van der Waals surface area contributed by atoms with Crippen LogP contribution in [0.3, 0.4) is 0 Å². The minimum Gasteiger partial charge on any atom is -0.398 e. The maximum atomic E-state index is 11.9. The Balaban J connectivity index is 1.93. The molecule has 0 fully saturated rings. The number of nitrogens with one attached hydrogen (secondary N) is 1. The van der Waals surface area contributed by atoms with E-state index in [1.165, 1.54) is 0 Å². The highest BCUT2D eigenvalue weighted by molar-refractivity contribution is 6.36. The van der Waals surface area contributed by atoms with Crippen molar-refractivity contribution in [3.05, 3.63) is 40.5 Å². The standard InChI is InChI=1S/C12H13ClN4O2/c1-7-16-10(17-19-7)5-6-15-12(18)8-3-2-4-9(14)11(8)13/h2-4H,5-6,14H2,1H3,(H,15,18). The van der Waals surface area contributed by atoms with Gasteiger partial charge in [-0.3, -0.25) is 4.79 Å². The molecule has 0 bridgehead atoms. The number of rotatable bonds is 4. The first-order valence-electron chi connectivity index (χ1n) is 5.69. The van der Waals surface area contributed by atoms with Crippen LogP contribution in [0.4, 0.5) is 5.69 Å². The maximum absolute atomic E-state index is 11.9. The van der Waals surface area contributed by atoms with Gasteiger partial charge in [-0.15, -0.1) is 0 Å². The number of nitrogens with zero attached hydrogens (tertiary/aromatic N) is 2. The molecule has 0 aliphatic rings. The summed E-state index contributed by atoms with van der Waals surface area (Å²) in [4.78, 5) is 15.9. The molecule has 100 valence electrons. The smallest absolute Gasteiger partial charge is 0.252 e. The van der Waals surface area contributed by atoms with Gasteiger partial charge in [-0.2, -0.15) is 4.98 Å². The van der Waals surface area contributed by atoms with Crippen molar-refractivity contribution >= 4 is 23.2 Å². The van der Waals surface area contributed by atoms with Gasteiger partial charge < -0.3 is 15.6 Å². The number of halogens is 1. The third-order valence-electron chi connectivity index (χ3n) is 2.48. The number of amides is 1. The van der Waals surface area contributed by atoms with E-state index in [2.05, 4.69) is 15.5 Å². The molecule has 0 aliphatic carbocycles.